The first kappa shape index (κ1) is 23.9. The van der Waals surface area contributed by atoms with E-state index in [0.717, 1.165) is 17.7 Å². The fourth-order valence-corrected chi connectivity index (χ4v) is 3.54. The number of carbonyl (C=O) groups excluding carboxylic acids is 2. The van der Waals surface area contributed by atoms with Crippen LogP contribution in [0.15, 0.2) is 60.8 Å². The average molecular weight is 486 g/mol. The quantitative estimate of drug-likeness (QED) is 0.477. The van der Waals surface area contributed by atoms with Crippen molar-refractivity contribution in [3.63, 3.8) is 0 Å². The van der Waals surface area contributed by atoms with Crippen molar-refractivity contribution in [3.05, 3.63) is 77.6 Å². The van der Waals surface area contributed by atoms with E-state index in [-0.39, 0.29) is 23.2 Å². The Morgan fingerprint density at radius 3 is 2.57 bits per heavy atom. The first-order valence-electron chi connectivity index (χ1n) is 10.6. The lowest BCUT2D eigenvalue weighted by atomic mass is 10.0. The lowest BCUT2D eigenvalue weighted by molar-refractivity contribution is -0.137. The number of aromatic nitrogens is 1. The number of hydrogen-bond acceptors (Lipinski definition) is 5. The molecule has 182 valence electrons. The van der Waals surface area contributed by atoms with Crippen LogP contribution in [0.25, 0.3) is 0 Å². The number of pyridine rings is 1. The number of fused-ring (bicyclic) bond motifs is 1. The summed E-state index contributed by atoms with van der Waals surface area (Å²) in [5.74, 6) is 0.820. The highest BCUT2D eigenvalue weighted by Crippen LogP contribution is 2.40. The van der Waals surface area contributed by atoms with Gasteiger partial charge in [0.25, 0.3) is 5.91 Å². The van der Waals surface area contributed by atoms with Crippen LogP contribution in [-0.2, 0) is 6.18 Å². The minimum Gasteiger partial charge on any atom is -0.470 e. The van der Waals surface area contributed by atoms with Crippen molar-refractivity contribution in [3.8, 4) is 17.2 Å². The largest absolute Gasteiger partial charge is 0.470 e. The standard InChI is InChI=1S/C24H21F3N4O4/c1-13-18-11-16(34-17-8-9-29-19(12-17)21(32)28-2)6-7-20(18)35-22(13)31-23(33)30-15-5-3-4-14(10-15)24(25,26)27/h3-13,22H,1-2H3,(H,28,32)(H2,30,31,33)/t13-,22+/m0/s1. The predicted octanol–water partition coefficient (Wildman–Crippen LogP) is 4.90. The maximum absolute atomic E-state index is 12.9. The summed E-state index contributed by atoms with van der Waals surface area (Å²) in [6, 6.07) is 11.9. The van der Waals surface area contributed by atoms with E-state index < -0.39 is 24.0 Å². The molecule has 2 atom stereocenters. The van der Waals surface area contributed by atoms with Crippen LogP contribution in [0, 0.1) is 0 Å². The number of carbonyl (C=O) groups is 2. The van der Waals surface area contributed by atoms with Gasteiger partial charge in [-0.05, 0) is 42.5 Å². The molecule has 0 aliphatic carbocycles. The van der Waals surface area contributed by atoms with Gasteiger partial charge in [0.2, 0.25) is 0 Å². The van der Waals surface area contributed by atoms with Crippen LogP contribution in [0.5, 0.6) is 17.2 Å². The lowest BCUT2D eigenvalue weighted by Crippen LogP contribution is -2.42. The molecule has 8 nitrogen and oxygen atoms in total. The Labute approximate surface area is 198 Å². The Morgan fingerprint density at radius 2 is 1.83 bits per heavy atom. The number of urea groups is 1. The van der Waals surface area contributed by atoms with Crippen LogP contribution in [0.1, 0.15) is 34.5 Å². The van der Waals surface area contributed by atoms with Crippen molar-refractivity contribution in [2.75, 3.05) is 12.4 Å². The number of benzene rings is 2. The third-order valence-electron chi connectivity index (χ3n) is 5.33. The molecular weight excluding hydrogens is 465 g/mol. The van der Waals surface area contributed by atoms with Crippen LogP contribution in [0.4, 0.5) is 23.7 Å². The average Bonchev–Trinajstić information content (AvgIpc) is 3.13. The monoisotopic (exact) mass is 486 g/mol. The molecule has 3 N–H and O–H groups in total. The van der Waals surface area contributed by atoms with Crippen LogP contribution in [0.2, 0.25) is 0 Å². The summed E-state index contributed by atoms with van der Waals surface area (Å²) in [5, 5.41) is 7.52. The minimum atomic E-state index is -4.51. The summed E-state index contributed by atoms with van der Waals surface area (Å²) < 4.78 is 50.4. The fraction of sp³-hybridized carbons (Fsp3) is 0.208. The molecule has 11 heteroatoms. The number of amides is 3. The molecule has 0 saturated carbocycles. The van der Waals surface area contributed by atoms with Crippen LogP contribution >= 0.6 is 0 Å². The SMILES string of the molecule is CNC(=O)c1cc(Oc2ccc3c(c2)[C@H](C)[C@H](NC(=O)Nc2cccc(C(F)(F)F)c2)O3)ccn1. The molecule has 2 heterocycles. The Kier molecular flexibility index (Phi) is 6.50. The number of nitrogens with one attached hydrogen (secondary N) is 3. The Balaban J connectivity index is 1.41. The summed E-state index contributed by atoms with van der Waals surface area (Å²) in [5.41, 5.74) is 0.119. The van der Waals surface area contributed by atoms with Crippen LogP contribution in [0.3, 0.4) is 0 Å². The van der Waals surface area contributed by atoms with Gasteiger partial charge in [-0.2, -0.15) is 13.2 Å². The first-order valence-corrected chi connectivity index (χ1v) is 10.6. The zero-order chi connectivity index (χ0) is 25.2. The second-order valence-electron chi connectivity index (χ2n) is 7.76. The topological polar surface area (TPSA) is 102 Å². The Hall–Kier alpha value is -4.28. The molecule has 35 heavy (non-hydrogen) atoms. The third kappa shape index (κ3) is 5.45. The van der Waals surface area contributed by atoms with Gasteiger partial charge in [-0.15, -0.1) is 0 Å². The summed E-state index contributed by atoms with van der Waals surface area (Å²) in [4.78, 5) is 28.2. The summed E-state index contributed by atoms with van der Waals surface area (Å²) in [7, 11) is 1.50. The number of ether oxygens (including phenoxy) is 2. The van der Waals surface area contributed by atoms with E-state index in [4.69, 9.17) is 9.47 Å². The predicted molar refractivity (Wildman–Crippen MR) is 121 cm³/mol. The molecule has 1 aromatic heterocycles. The number of alkyl halides is 3. The van der Waals surface area contributed by atoms with Crippen LogP contribution in [-0.4, -0.2) is 30.2 Å². The molecule has 1 aliphatic rings. The molecule has 0 radical (unpaired) electrons. The smallest absolute Gasteiger partial charge is 0.416 e. The number of nitrogens with zero attached hydrogens (tertiary/aromatic N) is 1. The molecule has 0 fully saturated rings. The van der Waals surface area contributed by atoms with E-state index in [9.17, 15) is 22.8 Å². The minimum absolute atomic E-state index is 0.00431. The molecule has 3 aromatic rings. The van der Waals surface area contributed by atoms with Gasteiger partial charge in [0, 0.05) is 36.5 Å². The van der Waals surface area contributed by atoms with Gasteiger partial charge in [0.1, 0.15) is 22.9 Å². The van der Waals surface area contributed by atoms with E-state index in [1.165, 1.54) is 31.4 Å². The maximum Gasteiger partial charge on any atom is 0.416 e. The van der Waals surface area contributed by atoms with Crippen molar-refractivity contribution < 1.29 is 32.2 Å². The lowest BCUT2D eigenvalue weighted by Gasteiger charge is -2.18. The summed E-state index contributed by atoms with van der Waals surface area (Å²) in [6.07, 6.45) is -3.80. The van der Waals surface area contributed by atoms with Gasteiger partial charge in [-0.1, -0.05) is 13.0 Å². The zero-order valence-corrected chi connectivity index (χ0v) is 18.6. The van der Waals surface area contributed by atoms with Gasteiger partial charge < -0.3 is 25.4 Å². The number of anilines is 1. The van der Waals surface area contributed by atoms with Gasteiger partial charge >= 0.3 is 12.2 Å². The van der Waals surface area contributed by atoms with Gasteiger partial charge in [-0.25, -0.2) is 4.79 Å². The summed E-state index contributed by atoms with van der Waals surface area (Å²) in [6.45, 7) is 1.83. The first-order chi connectivity index (χ1) is 16.6. The third-order valence-corrected chi connectivity index (χ3v) is 5.33. The zero-order valence-electron chi connectivity index (χ0n) is 18.6. The molecule has 0 spiro atoms. The highest BCUT2D eigenvalue weighted by Gasteiger charge is 2.33. The molecule has 4 rings (SSSR count). The van der Waals surface area contributed by atoms with Crippen molar-refractivity contribution >= 4 is 17.6 Å². The van der Waals surface area contributed by atoms with Gasteiger partial charge in [-0.3, -0.25) is 9.78 Å². The molecular formula is C24H21F3N4O4. The molecule has 2 aromatic carbocycles. The van der Waals surface area contributed by atoms with Gasteiger partial charge in [0.15, 0.2) is 6.23 Å². The molecule has 1 aliphatic heterocycles. The van der Waals surface area contributed by atoms with Crippen molar-refractivity contribution in [2.45, 2.75) is 25.2 Å². The van der Waals surface area contributed by atoms with E-state index in [1.807, 2.05) is 6.92 Å². The van der Waals surface area contributed by atoms with E-state index in [1.54, 1.807) is 24.3 Å². The van der Waals surface area contributed by atoms with Crippen molar-refractivity contribution in [1.82, 2.24) is 15.6 Å². The molecule has 0 bridgehead atoms. The van der Waals surface area contributed by atoms with Gasteiger partial charge in [0.05, 0.1) is 5.56 Å². The van der Waals surface area contributed by atoms with Crippen molar-refractivity contribution in [1.29, 1.82) is 0 Å². The maximum atomic E-state index is 12.9. The molecule has 0 saturated heterocycles. The second-order valence-corrected chi connectivity index (χ2v) is 7.76. The Morgan fingerprint density at radius 1 is 1.06 bits per heavy atom. The normalized spacial score (nSPS) is 16.6. The second kappa shape index (κ2) is 9.53. The van der Waals surface area contributed by atoms with E-state index in [2.05, 4.69) is 20.9 Å². The number of hydrogen-bond donors (Lipinski definition) is 3. The van der Waals surface area contributed by atoms with Crippen LogP contribution < -0.4 is 25.4 Å². The molecule has 0 unspecified atom stereocenters. The van der Waals surface area contributed by atoms with E-state index >= 15 is 0 Å². The highest BCUT2D eigenvalue weighted by atomic mass is 19.4. The molecule has 3 amide bonds. The van der Waals surface area contributed by atoms with E-state index in [0.29, 0.717) is 17.2 Å². The van der Waals surface area contributed by atoms with Crippen molar-refractivity contribution in [2.24, 2.45) is 0 Å². The number of rotatable bonds is 5. The summed E-state index contributed by atoms with van der Waals surface area (Å²) >= 11 is 0. The Bertz CT molecular complexity index is 1270. The number of halogens is 3. The fourth-order valence-electron chi connectivity index (χ4n) is 3.54. The highest BCUT2D eigenvalue weighted by molar-refractivity contribution is 5.92.